The Hall–Kier alpha value is 1.27. The third kappa shape index (κ3) is 9.57. The van der Waals surface area contributed by atoms with E-state index in [-0.39, 0.29) is 49.7 Å². The van der Waals surface area contributed by atoms with E-state index in [0.29, 0.717) is 0 Å². The summed E-state index contributed by atoms with van der Waals surface area (Å²) in [5, 5.41) is 0. The third-order valence-corrected chi connectivity index (χ3v) is 2.53. The molecule has 0 aromatic heterocycles. The van der Waals surface area contributed by atoms with Crippen LogP contribution >= 0.6 is 55.8 Å². The maximum absolute atomic E-state index is 10.6. The maximum atomic E-state index is 10.6. The molecule has 0 saturated heterocycles. The molecule has 0 atom stereocenters. The van der Waals surface area contributed by atoms with Crippen LogP contribution in [-0.2, 0) is 4.57 Å². The minimum absolute atomic E-state index is 0. The van der Waals surface area contributed by atoms with Crippen LogP contribution in [0.15, 0.2) is 0 Å². The summed E-state index contributed by atoms with van der Waals surface area (Å²) in [5.41, 5.74) is 0. The average molecular weight is 295 g/mol. The summed E-state index contributed by atoms with van der Waals surface area (Å²) in [5.74, 6) is 0.365. The average Bonchev–Trinajstić information content (AvgIpc) is 1.85. The minimum Gasteiger partial charge on any atom is -0.312 e. The summed E-state index contributed by atoms with van der Waals surface area (Å²) < 4.78 is 11.6. The molecule has 0 aliphatic carbocycles. The Bertz CT molecular complexity index is 148. The van der Waals surface area contributed by atoms with Crippen LogP contribution in [0.4, 0.5) is 0 Å². The molecule has 84 valence electrons. The van der Waals surface area contributed by atoms with Crippen LogP contribution in [0.3, 0.4) is 0 Å². The highest BCUT2D eigenvalue weighted by Crippen LogP contribution is 2.39. The standard InChI is InChI=1S/C4H10Cl2NO3P.2ClH/c5-1-3-7(4-2-6)11(8,9)10;;/h1-4H2,(H2,8,9,10);2*1H. The van der Waals surface area contributed by atoms with E-state index in [2.05, 4.69) is 0 Å². The lowest BCUT2D eigenvalue weighted by Gasteiger charge is -2.20. The van der Waals surface area contributed by atoms with Gasteiger partial charge < -0.3 is 9.79 Å². The lowest BCUT2D eigenvalue weighted by Crippen LogP contribution is -2.24. The number of halogens is 4. The lowest BCUT2D eigenvalue weighted by molar-refractivity contribution is 0.282. The first kappa shape index (κ1) is 19.8. The fourth-order valence-corrected chi connectivity index (χ4v) is 1.93. The van der Waals surface area contributed by atoms with Gasteiger partial charge in [-0.2, -0.15) is 0 Å². The lowest BCUT2D eigenvalue weighted by atomic mass is 10.7. The second kappa shape index (κ2) is 9.81. The first-order chi connectivity index (χ1) is 5.02. The first-order valence-electron chi connectivity index (χ1n) is 2.95. The van der Waals surface area contributed by atoms with Crippen LogP contribution < -0.4 is 0 Å². The summed E-state index contributed by atoms with van der Waals surface area (Å²) >= 11 is 10.6. The van der Waals surface area contributed by atoms with Crippen molar-refractivity contribution in [3.8, 4) is 0 Å². The minimum atomic E-state index is -4.14. The van der Waals surface area contributed by atoms with Crippen molar-refractivity contribution < 1.29 is 14.4 Å². The summed E-state index contributed by atoms with van der Waals surface area (Å²) in [6.45, 7) is 0.303. The van der Waals surface area contributed by atoms with Crippen molar-refractivity contribution >= 4 is 55.8 Å². The summed E-state index contributed by atoms with van der Waals surface area (Å²) in [7, 11) is -4.14. The highest BCUT2D eigenvalue weighted by Gasteiger charge is 2.23. The van der Waals surface area contributed by atoms with Crippen molar-refractivity contribution in [3.63, 3.8) is 0 Å². The van der Waals surface area contributed by atoms with Gasteiger partial charge in [0.1, 0.15) is 0 Å². The highest BCUT2D eigenvalue weighted by molar-refractivity contribution is 7.49. The number of hydrogen-bond donors (Lipinski definition) is 2. The van der Waals surface area contributed by atoms with Crippen LogP contribution in [0.25, 0.3) is 0 Å². The molecule has 0 aromatic carbocycles. The van der Waals surface area contributed by atoms with Gasteiger partial charge in [-0.1, -0.05) is 0 Å². The van der Waals surface area contributed by atoms with Gasteiger partial charge in [-0.15, -0.1) is 48.0 Å². The van der Waals surface area contributed by atoms with Crippen molar-refractivity contribution in [3.05, 3.63) is 0 Å². The predicted molar refractivity (Wildman–Crippen MR) is 59.6 cm³/mol. The molecule has 13 heavy (non-hydrogen) atoms. The van der Waals surface area contributed by atoms with Gasteiger partial charge in [0.25, 0.3) is 0 Å². The Morgan fingerprint density at radius 1 is 1.08 bits per heavy atom. The van der Waals surface area contributed by atoms with E-state index in [1.54, 1.807) is 0 Å². The summed E-state index contributed by atoms with van der Waals surface area (Å²) in [4.78, 5) is 17.3. The molecule has 0 aliphatic heterocycles. The molecule has 0 bridgehead atoms. The van der Waals surface area contributed by atoms with Crippen LogP contribution in [-0.4, -0.2) is 39.3 Å². The van der Waals surface area contributed by atoms with Gasteiger partial charge in [0.05, 0.1) is 0 Å². The van der Waals surface area contributed by atoms with Crippen LogP contribution in [0.2, 0.25) is 0 Å². The van der Waals surface area contributed by atoms with Gasteiger partial charge in [0.2, 0.25) is 0 Å². The molecule has 0 unspecified atom stereocenters. The zero-order valence-corrected chi connectivity index (χ0v) is 10.6. The van der Waals surface area contributed by atoms with Crippen molar-refractivity contribution in [2.45, 2.75) is 0 Å². The van der Waals surface area contributed by atoms with E-state index in [9.17, 15) is 4.57 Å². The fraction of sp³-hybridized carbons (Fsp3) is 1.00. The Morgan fingerprint density at radius 2 is 1.38 bits per heavy atom. The smallest absolute Gasteiger partial charge is 0.312 e. The predicted octanol–water partition coefficient (Wildman–Crippen LogP) is 1.70. The van der Waals surface area contributed by atoms with Gasteiger partial charge in [0, 0.05) is 24.8 Å². The van der Waals surface area contributed by atoms with Crippen LogP contribution in [0.1, 0.15) is 0 Å². The molecule has 2 N–H and O–H groups in total. The molecular formula is C4H12Cl4NO3P. The second-order valence-corrected chi connectivity index (χ2v) is 4.19. The Morgan fingerprint density at radius 3 is 1.54 bits per heavy atom. The van der Waals surface area contributed by atoms with Crippen LogP contribution in [0, 0.1) is 0 Å². The molecule has 0 amide bonds. The molecule has 0 spiro atoms. The van der Waals surface area contributed by atoms with Gasteiger partial charge in [-0.3, -0.25) is 0 Å². The topological polar surface area (TPSA) is 60.8 Å². The van der Waals surface area contributed by atoms with Gasteiger partial charge in [0.15, 0.2) is 0 Å². The second-order valence-electron chi connectivity index (χ2n) is 1.84. The van der Waals surface area contributed by atoms with E-state index < -0.39 is 7.75 Å². The van der Waals surface area contributed by atoms with Crippen molar-refractivity contribution in [2.24, 2.45) is 0 Å². The third-order valence-electron chi connectivity index (χ3n) is 1.05. The Labute approximate surface area is 99.6 Å². The molecule has 0 heterocycles. The molecule has 0 saturated carbocycles. The van der Waals surface area contributed by atoms with Crippen LogP contribution in [0.5, 0.6) is 0 Å². The zero-order valence-electron chi connectivity index (χ0n) is 6.60. The Kier molecular flexibility index (Phi) is 14.9. The quantitative estimate of drug-likeness (QED) is 0.598. The number of rotatable bonds is 5. The van der Waals surface area contributed by atoms with E-state index >= 15 is 0 Å². The van der Waals surface area contributed by atoms with E-state index in [1.807, 2.05) is 0 Å². The summed E-state index contributed by atoms with van der Waals surface area (Å²) in [6, 6.07) is 0. The van der Waals surface area contributed by atoms with Crippen molar-refractivity contribution in [2.75, 3.05) is 24.8 Å². The van der Waals surface area contributed by atoms with E-state index in [1.165, 1.54) is 0 Å². The molecule has 0 rings (SSSR count). The summed E-state index contributed by atoms with van der Waals surface area (Å²) in [6.07, 6.45) is 0. The van der Waals surface area contributed by atoms with Crippen molar-refractivity contribution in [1.29, 1.82) is 0 Å². The van der Waals surface area contributed by atoms with Gasteiger partial charge in [-0.25, -0.2) is 9.24 Å². The molecule has 0 aliphatic rings. The van der Waals surface area contributed by atoms with Gasteiger partial charge in [-0.05, 0) is 0 Å². The maximum Gasteiger partial charge on any atom is 0.403 e. The van der Waals surface area contributed by atoms with Crippen molar-refractivity contribution in [1.82, 2.24) is 4.67 Å². The number of nitrogens with zero attached hydrogens (tertiary/aromatic N) is 1. The normalized spacial score (nSPS) is 10.5. The first-order valence-corrected chi connectivity index (χ1v) is 5.58. The van der Waals surface area contributed by atoms with E-state index in [0.717, 1.165) is 4.67 Å². The molecule has 0 aromatic rings. The fourth-order valence-electron chi connectivity index (χ4n) is 0.567. The van der Waals surface area contributed by atoms with E-state index in [4.69, 9.17) is 33.0 Å². The van der Waals surface area contributed by atoms with Gasteiger partial charge >= 0.3 is 7.75 Å². The number of hydrogen-bond acceptors (Lipinski definition) is 1. The highest BCUT2D eigenvalue weighted by atomic mass is 35.5. The number of alkyl halides is 2. The molecule has 4 nitrogen and oxygen atoms in total. The molecule has 0 radical (unpaired) electrons. The SMILES string of the molecule is Cl.Cl.O=P(O)(O)N(CCCl)CCCl. The largest absolute Gasteiger partial charge is 0.403 e. The monoisotopic (exact) mass is 293 g/mol. The molecule has 0 fully saturated rings. The molecule has 9 heteroatoms. The molecular weight excluding hydrogens is 283 g/mol. The zero-order chi connectivity index (χ0) is 8.91. The Balaban J connectivity index is -0.000000500.